The van der Waals surface area contributed by atoms with Crippen LogP contribution < -0.4 is 9.47 Å². The van der Waals surface area contributed by atoms with Crippen molar-refractivity contribution in [3.63, 3.8) is 0 Å². The summed E-state index contributed by atoms with van der Waals surface area (Å²) in [5, 5.41) is 26.3. The van der Waals surface area contributed by atoms with Gasteiger partial charge in [-0.1, -0.05) is 263 Å². The van der Waals surface area contributed by atoms with E-state index < -0.39 is 0 Å². The van der Waals surface area contributed by atoms with E-state index in [1.807, 2.05) is 0 Å². The molecule has 114 heavy (non-hydrogen) atoms. The number of rotatable bonds is 22. The summed E-state index contributed by atoms with van der Waals surface area (Å²) in [5.74, 6) is 11.1. The zero-order chi connectivity index (χ0) is 82.2. The zero-order valence-corrected chi connectivity index (χ0v) is 75.8. The van der Waals surface area contributed by atoms with Gasteiger partial charge in [-0.25, -0.2) is 0 Å². The van der Waals surface area contributed by atoms with Gasteiger partial charge in [0.15, 0.2) is 0 Å². The maximum Gasteiger partial charge on any atom is 0.306 e. The van der Waals surface area contributed by atoms with Crippen LogP contribution >= 0.6 is 0 Å². The van der Waals surface area contributed by atoms with Crippen molar-refractivity contribution in [1.29, 1.82) is 0 Å². The van der Waals surface area contributed by atoms with Gasteiger partial charge in [0.1, 0.15) is 35.2 Å². The van der Waals surface area contributed by atoms with E-state index in [9.17, 15) is 19.8 Å². The number of carbonyl (C=O) groups is 2. The molecule has 4 aromatic rings. The van der Waals surface area contributed by atoms with Gasteiger partial charge in [0, 0.05) is 51.4 Å². The van der Waals surface area contributed by atoms with E-state index in [0.717, 1.165) is 176 Å². The number of hydrogen-bond donors (Lipinski definition) is 2. The van der Waals surface area contributed by atoms with Gasteiger partial charge in [-0.05, 0) is 284 Å². The SMILES string of the molecule is CC(C)CCC[C@@H](C)[C@H]1CC[C@H]2[C@@H]3CC=C4C[C@@H](OC(=O)CCCOc5c6cc(C(C)(C)C)cc5Cc5cc(C(C)(C)C)cc(c5O)Cc5cc(C(C)(C)C)cc(c5OCCCC(=O)O[C@H]5CC[C@@]7(C)C(=CC[C@H]8[C@@H]9CC[C@H]([C@H](C)CCCC(C)C)[C@@]9(C)CC[C@@H]87)C5)Cc5cc(C(C)(C)C)cc(c5O)C6)CC[C@]4(C)[C@H]3CC[C@]12C. The second kappa shape index (κ2) is 33.6. The van der Waals surface area contributed by atoms with Gasteiger partial charge >= 0.3 is 11.9 Å². The molecule has 0 radical (unpaired) electrons. The summed E-state index contributed by atoms with van der Waals surface area (Å²) in [6.45, 7) is 52.8. The summed E-state index contributed by atoms with van der Waals surface area (Å²) in [7, 11) is 0. The minimum absolute atomic E-state index is 0.109. The summed E-state index contributed by atoms with van der Waals surface area (Å²) in [4.78, 5) is 28.4. The van der Waals surface area contributed by atoms with Gasteiger partial charge in [-0.3, -0.25) is 9.59 Å². The standard InChI is InChI=1S/C106H156O8/c1-65(2)27-23-29-67(5)87-37-39-89-85-35-33-77-63-83(41-45-103(77,19)91(85)43-47-105(87,89)21)113-93(107)31-25-49-111-97-73-51-69-55-79(99(7,8)9)57-71(95(69)109)53-75-61-82(102(16,17)18)62-76(54-72-58-80(100(10,11)12)56-70(96(72)110)52-74(97)60-81(59-73)101(13,14)15)98(75)112-50-26-32-94(108)114-84-42-46-104(20)78(64-84)34-36-86-90-40-38-88(68(6)30-24-28-66(3)4)106(90,22)48-44-92(86)104/h33-34,55-62,65-68,83-92,109-110H,23-32,35-54,63-64H2,1-22H3/t67-,68-,83+,84+,85+,86+,87-,88-,89+,90+,91+,92+,103+,104+,105-,106-/m1/s1. The summed E-state index contributed by atoms with van der Waals surface area (Å²) in [6, 6.07) is 17.9. The van der Waals surface area contributed by atoms with Crippen LogP contribution in [-0.4, -0.2) is 47.6 Å². The first-order chi connectivity index (χ1) is 53.5. The number of benzene rings is 4. The Morgan fingerprint density at radius 3 is 1.03 bits per heavy atom. The van der Waals surface area contributed by atoms with Crippen LogP contribution in [0.5, 0.6) is 23.0 Å². The fourth-order valence-corrected chi connectivity index (χ4v) is 25.8. The first-order valence-electron chi connectivity index (χ1n) is 46.6. The number of allylic oxidation sites excluding steroid dienone is 2. The van der Waals surface area contributed by atoms with Crippen LogP contribution in [0, 0.1) is 92.7 Å². The minimum Gasteiger partial charge on any atom is -0.507 e. The molecular formula is C106H156O8. The summed E-state index contributed by atoms with van der Waals surface area (Å²) >= 11 is 0. The molecule has 8 nitrogen and oxygen atoms in total. The Kier molecular flexibility index (Phi) is 25.4. The predicted molar refractivity (Wildman–Crippen MR) is 470 cm³/mol. The van der Waals surface area contributed by atoms with Crippen molar-refractivity contribution in [3.05, 3.63) is 139 Å². The molecule has 0 amide bonds. The van der Waals surface area contributed by atoms with Crippen LogP contribution in [0.4, 0.5) is 0 Å². The Balaban J connectivity index is 0.726. The molecule has 0 aromatic heterocycles. The predicted octanol–water partition coefficient (Wildman–Crippen LogP) is 27.2. The Hall–Kier alpha value is -5.50. The van der Waals surface area contributed by atoms with Gasteiger partial charge in [-0.15, -0.1) is 0 Å². The van der Waals surface area contributed by atoms with Crippen molar-refractivity contribution in [2.24, 2.45) is 92.7 Å². The molecule has 9 aliphatic rings. The third-order valence-corrected chi connectivity index (χ3v) is 32.7. The number of carbonyl (C=O) groups excluding carboxylic acids is 2. The Bertz CT molecular complexity index is 3810. The fourth-order valence-electron chi connectivity index (χ4n) is 25.8. The van der Waals surface area contributed by atoms with Crippen molar-refractivity contribution in [3.8, 4) is 23.0 Å². The van der Waals surface area contributed by atoms with Gasteiger partial charge in [0.25, 0.3) is 0 Å². The molecule has 4 aromatic carbocycles. The molecule has 2 N–H and O–H groups in total. The van der Waals surface area contributed by atoms with Crippen LogP contribution in [0.3, 0.4) is 0 Å². The van der Waals surface area contributed by atoms with Crippen molar-refractivity contribution in [1.82, 2.24) is 0 Å². The van der Waals surface area contributed by atoms with Gasteiger partial charge in [0.2, 0.25) is 0 Å². The number of esters is 2. The second-order valence-corrected chi connectivity index (χ2v) is 45.4. The van der Waals surface area contributed by atoms with Crippen LogP contribution in [-0.2, 0) is 66.4 Å². The van der Waals surface area contributed by atoms with Crippen LogP contribution in [0.1, 0.15) is 386 Å². The lowest BCUT2D eigenvalue weighted by Crippen LogP contribution is -2.51. The topological polar surface area (TPSA) is 112 Å². The lowest BCUT2D eigenvalue weighted by Gasteiger charge is -2.58. The van der Waals surface area contributed by atoms with Crippen molar-refractivity contribution >= 4 is 11.9 Å². The molecule has 0 aliphatic heterocycles. The summed E-state index contributed by atoms with van der Waals surface area (Å²) in [6.07, 6.45) is 35.2. The number of phenols is 2. The lowest BCUT2D eigenvalue weighted by molar-refractivity contribution is -0.152. The van der Waals surface area contributed by atoms with E-state index in [0.29, 0.717) is 74.4 Å². The highest BCUT2D eigenvalue weighted by Crippen LogP contribution is 2.70. The minimum atomic E-state index is -0.269. The zero-order valence-electron chi connectivity index (χ0n) is 75.8. The maximum absolute atomic E-state index is 14.2. The molecule has 8 bridgehead atoms. The molecule has 16 atom stereocenters. The molecule has 6 saturated carbocycles. The molecule has 0 spiro atoms. The third kappa shape index (κ3) is 18.0. The van der Waals surface area contributed by atoms with Crippen molar-refractivity contribution in [2.45, 2.75) is 379 Å². The highest BCUT2D eigenvalue weighted by atomic mass is 16.5. The van der Waals surface area contributed by atoms with Gasteiger partial charge in [-0.2, -0.15) is 0 Å². The van der Waals surface area contributed by atoms with Gasteiger partial charge < -0.3 is 29.2 Å². The molecule has 6 fully saturated rings. The first-order valence-corrected chi connectivity index (χ1v) is 46.6. The van der Waals surface area contributed by atoms with E-state index in [1.165, 1.54) is 103 Å². The number of ether oxygens (including phenoxy) is 4. The van der Waals surface area contributed by atoms with E-state index in [1.54, 1.807) is 11.1 Å². The van der Waals surface area contributed by atoms with E-state index >= 15 is 0 Å². The number of fused-ring (bicyclic) bond motifs is 18. The van der Waals surface area contributed by atoms with Crippen molar-refractivity contribution in [2.75, 3.05) is 13.2 Å². The molecule has 9 aliphatic carbocycles. The van der Waals surface area contributed by atoms with Crippen LogP contribution in [0.15, 0.2) is 71.8 Å². The third-order valence-electron chi connectivity index (χ3n) is 32.7. The molecule has 628 valence electrons. The van der Waals surface area contributed by atoms with E-state index in [4.69, 9.17) is 18.9 Å². The molecule has 8 heteroatoms. The second-order valence-electron chi connectivity index (χ2n) is 45.4. The fraction of sp³-hybridized carbons (Fsp3) is 0.717. The largest absolute Gasteiger partial charge is 0.507 e. The molecule has 0 unspecified atom stereocenters. The molecule has 0 heterocycles. The molecule has 0 saturated heterocycles. The Morgan fingerprint density at radius 2 is 0.719 bits per heavy atom. The summed E-state index contributed by atoms with van der Waals surface area (Å²) < 4.78 is 27.4. The Morgan fingerprint density at radius 1 is 0.404 bits per heavy atom. The maximum atomic E-state index is 14.2. The highest BCUT2D eigenvalue weighted by Gasteiger charge is 2.61. The van der Waals surface area contributed by atoms with Crippen LogP contribution in [0.25, 0.3) is 0 Å². The van der Waals surface area contributed by atoms with E-state index in [2.05, 4.69) is 213 Å². The number of phenolic OH excluding ortho intramolecular Hbond substituents is 2. The molecule has 13 rings (SSSR count). The highest BCUT2D eigenvalue weighted by molar-refractivity contribution is 5.70. The van der Waals surface area contributed by atoms with Gasteiger partial charge in [0.05, 0.1) is 13.2 Å². The smallest absolute Gasteiger partial charge is 0.306 e. The first kappa shape index (κ1) is 86.4. The van der Waals surface area contributed by atoms with Crippen molar-refractivity contribution < 1.29 is 38.7 Å². The monoisotopic (exact) mass is 1560 g/mol. The molecular weight excluding hydrogens is 1400 g/mol. The quantitative estimate of drug-likeness (QED) is 0.0400. The number of aromatic hydroxyl groups is 2. The average Bonchev–Trinajstić information content (AvgIpc) is 1.44. The Labute approximate surface area is 692 Å². The average molecular weight is 1560 g/mol. The summed E-state index contributed by atoms with van der Waals surface area (Å²) in [5.41, 5.74) is 14.9. The number of hydrogen-bond acceptors (Lipinski definition) is 8. The lowest BCUT2D eigenvalue weighted by atomic mass is 9.47. The normalized spacial score (nSPS) is 30.0. The van der Waals surface area contributed by atoms with E-state index in [-0.39, 0.29) is 81.0 Å². The van der Waals surface area contributed by atoms with Crippen LogP contribution in [0.2, 0.25) is 0 Å².